The second kappa shape index (κ2) is 3.75. The minimum atomic E-state index is 0.521. The van der Waals surface area contributed by atoms with Crippen molar-refractivity contribution in [1.29, 1.82) is 0 Å². The maximum absolute atomic E-state index is 5.07. The minimum absolute atomic E-state index is 0.521. The lowest BCUT2D eigenvalue weighted by Gasteiger charge is -2.24. The number of likely N-dealkylation sites (N-methyl/N-ethyl adjacent to an activating group) is 1. The van der Waals surface area contributed by atoms with Gasteiger partial charge in [0, 0.05) is 19.6 Å². The molecule has 5 heteroatoms. The van der Waals surface area contributed by atoms with E-state index in [-0.39, 0.29) is 0 Å². The molecule has 0 aromatic carbocycles. The number of rotatable bonds is 2. The first-order chi connectivity index (χ1) is 7.84. The zero-order chi connectivity index (χ0) is 11.0. The summed E-state index contributed by atoms with van der Waals surface area (Å²) in [6.07, 6.45) is 2.84. The molecule has 0 bridgehead atoms. The lowest BCUT2D eigenvalue weighted by molar-refractivity contribution is 0.448. The minimum Gasteiger partial charge on any atom is -0.355 e. The van der Waals surface area contributed by atoms with Gasteiger partial charge in [-0.05, 0) is 25.1 Å². The smallest absolute Gasteiger partial charge is 0.259 e. The van der Waals surface area contributed by atoms with Gasteiger partial charge in [-0.3, -0.25) is 0 Å². The quantitative estimate of drug-likeness (QED) is 0.815. The van der Waals surface area contributed by atoms with Gasteiger partial charge < -0.3 is 14.7 Å². The fourth-order valence-corrected chi connectivity index (χ4v) is 2.10. The molecule has 84 valence electrons. The average Bonchev–Trinajstić information content (AvgIpc) is 2.98. The molecule has 0 spiro atoms. The van der Waals surface area contributed by atoms with Gasteiger partial charge in [0.05, 0.1) is 11.6 Å². The summed E-state index contributed by atoms with van der Waals surface area (Å²) >= 11 is 0. The van der Waals surface area contributed by atoms with Crippen molar-refractivity contribution < 1.29 is 4.52 Å². The van der Waals surface area contributed by atoms with Gasteiger partial charge in [0.1, 0.15) is 5.82 Å². The van der Waals surface area contributed by atoms with Gasteiger partial charge in [0.15, 0.2) is 0 Å². The zero-order valence-corrected chi connectivity index (χ0v) is 9.18. The lowest BCUT2D eigenvalue weighted by atomic mass is 10.2. The number of fused-ring (bicyclic) bond motifs is 1. The molecule has 3 rings (SSSR count). The fourth-order valence-electron chi connectivity index (χ4n) is 2.10. The molecule has 0 radical (unpaired) electrons. The molecule has 1 aliphatic rings. The first kappa shape index (κ1) is 9.59. The van der Waals surface area contributed by atoms with Crippen LogP contribution < -0.4 is 10.2 Å². The number of anilines is 1. The highest BCUT2D eigenvalue weighted by atomic mass is 16.5. The van der Waals surface area contributed by atoms with Crippen molar-refractivity contribution >= 4 is 16.9 Å². The number of hydrogen-bond acceptors (Lipinski definition) is 5. The molecule has 0 amide bonds. The summed E-state index contributed by atoms with van der Waals surface area (Å²) < 4.78 is 5.07. The highest BCUT2D eigenvalue weighted by Gasteiger charge is 2.20. The largest absolute Gasteiger partial charge is 0.355 e. The Bertz CT molecular complexity index is 489. The van der Waals surface area contributed by atoms with Crippen molar-refractivity contribution in [2.75, 3.05) is 25.0 Å². The summed E-state index contributed by atoms with van der Waals surface area (Å²) in [5, 5.41) is 8.03. The van der Waals surface area contributed by atoms with Crippen LogP contribution in [0.25, 0.3) is 11.1 Å². The molecule has 1 unspecified atom stereocenters. The van der Waals surface area contributed by atoms with Crippen LogP contribution in [0.1, 0.15) is 6.42 Å². The SMILES string of the molecule is CN(c1ccc2cnoc2n1)C1CCNC1. The Labute approximate surface area is 93.4 Å². The fraction of sp³-hybridized carbons (Fsp3) is 0.455. The Hall–Kier alpha value is -1.62. The van der Waals surface area contributed by atoms with Gasteiger partial charge >= 0.3 is 0 Å². The molecule has 0 saturated carbocycles. The van der Waals surface area contributed by atoms with Crippen LogP contribution in [-0.4, -0.2) is 36.3 Å². The predicted octanol–water partition coefficient (Wildman–Crippen LogP) is 1.02. The summed E-state index contributed by atoms with van der Waals surface area (Å²) in [6, 6.07) is 4.53. The molecular weight excluding hydrogens is 204 g/mol. The van der Waals surface area contributed by atoms with E-state index in [1.165, 1.54) is 0 Å². The molecule has 0 aliphatic carbocycles. The maximum Gasteiger partial charge on any atom is 0.259 e. The molecule has 16 heavy (non-hydrogen) atoms. The van der Waals surface area contributed by atoms with Crippen molar-refractivity contribution in [1.82, 2.24) is 15.5 Å². The monoisotopic (exact) mass is 218 g/mol. The van der Waals surface area contributed by atoms with Gasteiger partial charge in [-0.25, -0.2) is 0 Å². The van der Waals surface area contributed by atoms with Crippen LogP contribution in [0, 0.1) is 0 Å². The summed E-state index contributed by atoms with van der Waals surface area (Å²) in [7, 11) is 2.07. The van der Waals surface area contributed by atoms with Crippen LogP contribution in [0.3, 0.4) is 0 Å². The van der Waals surface area contributed by atoms with Crippen molar-refractivity contribution in [3.8, 4) is 0 Å². The van der Waals surface area contributed by atoms with Crippen LogP contribution >= 0.6 is 0 Å². The lowest BCUT2D eigenvalue weighted by Crippen LogP contribution is -2.33. The zero-order valence-electron chi connectivity index (χ0n) is 9.18. The standard InChI is InChI=1S/C11H14N4O/c1-15(9-4-5-12-7-9)10-3-2-8-6-13-16-11(8)14-10/h2-3,6,9,12H,4-5,7H2,1H3. The first-order valence-electron chi connectivity index (χ1n) is 5.49. The van der Waals surface area contributed by atoms with Gasteiger partial charge in [-0.1, -0.05) is 5.16 Å². The Morgan fingerprint density at radius 1 is 1.50 bits per heavy atom. The second-order valence-electron chi connectivity index (χ2n) is 4.15. The summed E-state index contributed by atoms with van der Waals surface area (Å²) in [6.45, 7) is 2.10. The van der Waals surface area contributed by atoms with Crippen LogP contribution in [-0.2, 0) is 0 Å². The van der Waals surface area contributed by atoms with E-state index in [1.54, 1.807) is 6.20 Å². The topological polar surface area (TPSA) is 54.2 Å². The Morgan fingerprint density at radius 3 is 3.25 bits per heavy atom. The Balaban J connectivity index is 1.91. The molecule has 5 nitrogen and oxygen atoms in total. The molecule has 1 atom stereocenters. The van der Waals surface area contributed by atoms with E-state index in [9.17, 15) is 0 Å². The Kier molecular flexibility index (Phi) is 2.25. The van der Waals surface area contributed by atoms with Gasteiger partial charge in [-0.2, -0.15) is 4.98 Å². The summed E-state index contributed by atoms with van der Waals surface area (Å²) in [5.74, 6) is 0.943. The third kappa shape index (κ3) is 1.53. The maximum atomic E-state index is 5.07. The predicted molar refractivity (Wildman–Crippen MR) is 61.5 cm³/mol. The molecular formula is C11H14N4O. The van der Waals surface area contributed by atoms with Crippen molar-refractivity contribution in [2.24, 2.45) is 0 Å². The molecule has 1 fully saturated rings. The summed E-state index contributed by atoms with van der Waals surface area (Å²) in [4.78, 5) is 6.65. The van der Waals surface area contributed by atoms with Gasteiger partial charge in [0.25, 0.3) is 5.71 Å². The van der Waals surface area contributed by atoms with Gasteiger partial charge in [-0.15, -0.1) is 0 Å². The van der Waals surface area contributed by atoms with Crippen LogP contribution in [0.2, 0.25) is 0 Å². The van der Waals surface area contributed by atoms with E-state index >= 15 is 0 Å². The number of nitrogens with one attached hydrogen (secondary N) is 1. The van der Waals surface area contributed by atoms with E-state index in [4.69, 9.17) is 4.52 Å². The van der Waals surface area contributed by atoms with E-state index in [1.807, 2.05) is 12.1 Å². The van der Waals surface area contributed by atoms with Crippen molar-refractivity contribution in [3.05, 3.63) is 18.3 Å². The van der Waals surface area contributed by atoms with Crippen LogP contribution in [0.4, 0.5) is 5.82 Å². The highest BCUT2D eigenvalue weighted by Crippen LogP contribution is 2.19. The third-order valence-corrected chi connectivity index (χ3v) is 3.15. The van der Waals surface area contributed by atoms with Gasteiger partial charge in [0.2, 0.25) is 0 Å². The highest BCUT2D eigenvalue weighted by molar-refractivity contribution is 5.73. The van der Waals surface area contributed by atoms with Crippen molar-refractivity contribution in [3.63, 3.8) is 0 Å². The van der Waals surface area contributed by atoms with E-state index in [0.29, 0.717) is 11.8 Å². The first-order valence-corrected chi connectivity index (χ1v) is 5.49. The summed E-state index contributed by atoms with van der Waals surface area (Å²) in [5.41, 5.74) is 0.607. The Morgan fingerprint density at radius 2 is 2.44 bits per heavy atom. The molecule has 2 aromatic rings. The van der Waals surface area contributed by atoms with E-state index in [2.05, 4.69) is 27.4 Å². The van der Waals surface area contributed by atoms with E-state index in [0.717, 1.165) is 30.7 Å². The molecule has 1 aliphatic heterocycles. The second-order valence-corrected chi connectivity index (χ2v) is 4.15. The van der Waals surface area contributed by atoms with E-state index < -0.39 is 0 Å². The third-order valence-electron chi connectivity index (χ3n) is 3.15. The molecule has 1 saturated heterocycles. The van der Waals surface area contributed by atoms with Crippen LogP contribution in [0.15, 0.2) is 22.9 Å². The average molecular weight is 218 g/mol. The molecule has 2 aromatic heterocycles. The van der Waals surface area contributed by atoms with Crippen LogP contribution in [0.5, 0.6) is 0 Å². The molecule has 1 N–H and O–H groups in total. The normalized spacial score (nSPS) is 20.4. The number of pyridine rings is 1. The molecule has 3 heterocycles. The number of hydrogen-bond donors (Lipinski definition) is 1. The number of nitrogens with zero attached hydrogens (tertiary/aromatic N) is 3. The number of aromatic nitrogens is 2. The van der Waals surface area contributed by atoms with Crippen molar-refractivity contribution in [2.45, 2.75) is 12.5 Å².